The maximum Gasteiger partial charge on any atom is 0.410 e. The fourth-order valence-corrected chi connectivity index (χ4v) is 5.84. The number of nitrogens with zero attached hydrogens (tertiary/aromatic N) is 2. The van der Waals surface area contributed by atoms with Crippen LogP contribution in [0.4, 0.5) is 4.79 Å². The van der Waals surface area contributed by atoms with Gasteiger partial charge in [-0.3, -0.25) is 0 Å². The second-order valence-corrected chi connectivity index (χ2v) is 11.1. The van der Waals surface area contributed by atoms with Gasteiger partial charge in [0.15, 0.2) is 0 Å². The molecule has 0 spiro atoms. The number of rotatable bonds is 4. The van der Waals surface area contributed by atoms with Crippen LogP contribution in [0.5, 0.6) is 0 Å². The summed E-state index contributed by atoms with van der Waals surface area (Å²) in [5.41, 5.74) is 6.91. The summed E-state index contributed by atoms with van der Waals surface area (Å²) < 4.78 is 8.21. The Hall–Kier alpha value is -2.83. The second kappa shape index (κ2) is 10.3. The number of hydrogen-bond donors (Lipinski definition) is 0. The molecule has 2 aromatic carbocycles. The molecule has 3 aromatic rings. The van der Waals surface area contributed by atoms with Gasteiger partial charge < -0.3 is 14.2 Å². The van der Waals surface area contributed by atoms with Crippen LogP contribution in [0.1, 0.15) is 75.5 Å². The van der Waals surface area contributed by atoms with Crippen LogP contribution in [-0.4, -0.2) is 34.8 Å². The highest BCUT2D eigenvalue weighted by molar-refractivity contribution is 5.93. The summed E-state index contributed by atoms with van der Waals surface area (Å²) in [5, 5.41) is 1.32. The summed E-state index contributed by atoms with van der Waals surface area (Å²) in [7, 11) is 1.54. The van der Waals surface area contributed by atoms with Crippen molar-refractivity contribution >= 4 is 17.0 Å². The lowest BCUT2D eigenvalue weighted by Gasteiger charge is -2.31. The maximum absolute atomic E-state index is 13.2. The van der Waals surface area contributed by atoms with E-state index in [-0.39, 0.29) is 6.09 Å². The molecule has 0 unspecified atom stereocenters. The topological polar surface area (TPSA) is 52.9 Å². The van der Waals surface area contributed by atoms with Gasteiger partial charge >= 0.3 is 6.09 Å². The zero-order chi connectivity index (χ0) is 25.3. The number of hydrogen-bond acceptors (Lipinski definition) is 4. The van der Waals surface area contributed by atoms with E-state index in [1.807, 2.05) is 25.7 Å². The van der Waals surface area contributed by atoms with Crippen molar-refractivity contribution in [1.82, 2.24) is 9.47 Å². The average Bonchev–Trinajstić information content (AvgIpc) is 3.16. The van der Waals surface area contributed by atoms with Gasteiger partial charge in [0, 0.05) is 36.1 Å². The molecule has 5 rings (SSSR count). The lowest BCUT2D eigenvalue weighted by molar-refractivity contribution is -0.282. The average molecular weight is 491 g/mol. The molecule has 2 heterocycles. The molecule has 0 bridgehead atoms. The molecular formula is C30H38N2O4. The molecule has 1 aliphatic heterocycles. The van der Waals surface area contributed by atoms with Crippen LogP contribution >= 0.6 is 0 Å². The Morgan fingerprint density at radius 2 is 1.81 bits per heavy atom. The van der Waals surface area contributed by atoms with Crippen LogP contribution in [0.2, 0.25) is 0 Å². The van der Waals surface area contributed by atoms with Crippen molar-refractivity contribution in [1.29, 1.82) is 0 Å². The fourth-order valence-electron chi connectivity index (χ4n) is 5.84. The molecule has 0 N–H and O–H groups in total. The predicted octanol–water partition coefficient (Wildman–Crippen LogP) is 7.18. The van der Waals surface area contributed by atoms with Gasteiger partial charge in [0.05, 0.1) is 12.8 Å². The van der Waals surface area contributed by atoms with Gasteiger partial charge in [-0.2, -0.15) is 0 Å². The molecule has 1 amide bonds. The Morgan fingerprint density at radius 3 is 2.56 bits per heavy atom. The molecule has 1 aromatic heterocycles. The van der Waals surface area contributed by atoms with Crippen molar-refractivity contribution < 1.29 is 19.3 Å². The number of ether oxygens (including phenoxy) is 1. The smallest absolute Gasteiger partial charge is 0.410 e. The zero-order valence-electron chi connectivity index (χ0n) is 22.0. The minimum absolute atomic E-state index is 0.265. The Labute approximate surface area is 214 Å². The highest BCUT2D eigenvalue weighted by Gasteiger charge is 2.31. The highest BCUT2D eigenvalue weighted by Crippen LogP contribution is 2.45. The number of carbonyl (C=O) groups excluding carboxylic acids is 1. The predicted molar refractivity (Wildman–Crippen MR) is 142 cm³/mol. The third-order valence-electron chi connectivity index (χ3n) is 7.40. The van der Waals surface area contributed by atoms with Crippen LogP contribution in [-0.2, 0) is 34.2 Å². The quantitative estimate of drug-likeness (QED) is 0.287. The first-order valence-corrected chi connectivity index (χ1v) is 13.2. The Morgan fingerprint density at radius 1 is 1.03 bits per heavy atom. The lowest BCUT2D eigenvalue weighted by atomic mass is 9.81. The molecule has 1 aliphatic carbocycles. The Bertz CT molecular complexity index is 1230. The van der Waals surface area contributed by atoms with Gasteiger partial charge in [0.1, 0.15) is 12.2 Å². The van der Waals surface area contributed by atoms with Crippen LogP contribution in [0.25, 0.3) is 22.2 Å². The van der Waals surface area contributed by atoms with Crippen LogP contribution in [0.15, 0.2) is 42.5 Å². The number of aromatic nitrogens is 1. The van der Waals surface area contributed by atoms with Gasteiger partial charge in [-0.15, -0.1) is 0 Å². The standard InChI is InChI=1S/C30H38N2O4/c1-30(2,3)36-29(33)31-16-17-32-26-18-21(20-35-34-4)14-15-25(26)27(22-10-6-5-7-11-22)28(32)24-13-9-8-12-23(24)19-31/h8-9,12-15,18,22H,5-7,10-11,16-17,19-20H2,1-4H3. The van der Waals surface area contributed by atoms with Gasteiger partial charge in [0.2, 0.25) is 0 Å². The largest absolute Gasteiger partial charge is 0.444 e. The van der Waals surface area contributed by atoms with E-state index in [9.17, 15) is 4.79 Å². The summed E-state index contributed by atoms with van der Waals surface area (Å²) >= 11 is 0. The van der Waals surface area contributed by atoms with Crippen molar-refractivity contribution in [2.24, 2.45) is 0 Å². The molecule has 1 saturated carbocycles. The van der Waals surface area contributed by atoms with Gasteiger partial charge in [0.25, 0.3) is 0 Å². The molecule has 0 radical (unpaired) electrons. The molecule has 1 fully saturated rings. The monoisotopic (exact) mass is 490 g/mol. The first-order chi connectivity index (χ1) is 17.4. The number of carbonyl (C=O) groups is 1. The van der Waals surface area contributed by atoms with Crippen LogP contribution in [0.3, 0.4) is 0 Å². The van der Waals surface area contributed by atoms with Crippen molar-refractivity contribution in [3.63, 3.8) is 0 Å². The van der Waals surface area contributed by atoms with E-state index in [0.717, 1.165) is 11.1 Å². The second-order valence-electron chi connectivity index (χ2n) is 11.1. The number of benzene rings is 2. The third kappa shape index (κ3) is 5.02. The summed E-state index contributed by atoms with van der Waals surface area (Å²) in [5.74, 6) is 0.549. The minimum Gasteiger partial charge on any atom is -0.444 e. The van der Waals surface area contributed by atoms with E-state index in [4.69, 9.17) is 14.5 Å². The Balaban J connectivity index is 1.67. The molecule has 6 nitrogen and oxygen atoms in total. The van der Waals surface area contributed by atoms with E-state index >= 15 is 0 Å². The summed E-state index contributed by atoms with van der Waals surface area (Å²) in [6, 6.07) is 15.2. The maximum atomic E-state index is 13.2. The molecule has 0 atom stereocenters. The van der Waals surface area contributed by atoms with Crippen LogP contribution < -0.4 is 0 Å². The molecule has 36 heavy (non-hydrogen) atoms. The molecule has 6 heteroatoms. The van der Waals surface area contributed by atoms with Crippen LogP contribution in [0, 0.1) is 0 Å². The highest BCUT2D eigenvalue weighted by atomic mass is 17.2. The van der Waals surface area contributed by atoms with Crippen molar-refractivity contribution in [3.05, 3.63) is 59.2 Å². The van der Waals surface area contributed by atoms with Crippen molar-refractivity contribution in [2.75, 3.05) is 13.7 Å². The number of fused-ring (bicyclic) bond motifs is 5. The zero-order valence-corrected chi connectivity index (χ0v) is 22.0. The summed E-state index contributed by atoms with van der Waals surface area (Å²) in [4.78, 5) is 25.1. The van der Waals surface area contributed by atoms with E-state index in [1.165, 1.54) is 66.9 Å². The number of amides is 1. The molecule has 2 aliphatic rings. The first-order valence-electron chi connectivity index (χ1n) is 13.2. The van der Waals surface area contributed by atoms with Gasteiger partial charge in [-0.1, -0.05) is 55.7 Å². The molecular weight excluding hydrogens is 452 g/mol. The third-order valence-corrected chi connectivity index (χ3v) is 7.40. The van der Waals surface area contributed by atoms with E-state index < -0.39 is 5.60 Å². The van der Waals surface area contributed by atoms with Crippen molar-refractivity contribution in [3.8, 4) is 11.3 Å². The first kappa shape index (κ1) is 24.8. The van der Waals surface area contributed by atoms with E-state index in [2.05, 4.69) is 47.0 Å². The summed E-state index contributed by atoms with van der Waals surface area (Å²) in [6.45, 7) is 7.99. The van der Waals surface area contributed by atoms with E-state index in [0.29, 0.717) is 32.2 Å². The normalized spacial score (nSPS) is 16.8. The van der Waals surface area contributed by atoms with E-state index in [1.54, 1.807) is 0 Å². The minimum atomic E-state index is -0.533. The lowest BCUT2D eigenvalue weighted by Crippen LogP contribution is -2.39. The summed E-state index contributed by atoms with van der Waals surface area (Å²) in [6.07, 6.45) is 6.08. The van der Waals surface area contributed by atoms with Gasteiger partial charge in [-0.05, 0) is 62.3 Å². The molecule has 0 saturated heterocycles. The molecule has 192 valence electrons. The SMILES string of the molecule is COOCc1ccc2c(C3CCCCC3)c3n(c2c1)CCN(C(=O)OC(C)(C)C)Cc1ccccc1-3. The fraction of sp³-hybridized carbons (Fsp3) is 0.500. The van der Waals surface area contributed by atoms with Gasteiger partial charge in [-0.25, -0.2) is 14.6 Å². The van der Waals surface area contributed by atoms with Crippen molar-refractivity contribution in [2.45, 2.75) is 84.1 Å². The Kier molecular flexibility index (Phi) is 7.09.